The normalized spacial score (nSPS) is 10.9. The summed E-state index contributed by atoms with van der Waals surface area (Å²) in [5, 5.41) is 9.47. The Morgan fingerprint density at radius 2 is 1.36 bits per heavy atom. The first kappa shape index (κ1) is 31.8. The third-order valence-corrected chi connectivity index (χ3v) is 5.40. The van der Waals surface area contributed by atoms with Gasteiger partial charge in [-0.05, 0) is 37.0 Å². The van der Waals surface area contributed by atoms with Crippen LogP contribution in [0.2, 0.25) is 0 Å². The van der Waals surface area contributed by atoms with Crippen LogP contribution in [0.15, 0.2) is 30.4 Å². The fraction of sp³-hybridized carbons (Fsp3) is 0.643. The summed E-state index contributed by atoms with van der Waals surface area (Å²) in [4.78, 5) is 22.7. The van der Waals surface area contributed by atoms with E-state index in [1.54, 1.807) is 13.0 Å². The molecule has 0 aliphatic heterocycles. The second kappa shape index (κ2) is 20.9. The molecule has 0 bridgehead atoms. The van der Waals surface area contributed by atoms with E-state index in [2.05, 4.69) is 13.5 Å². The van der Waals surface area contributed by atoms with Gasteiger partial charge in [0.25, 0.3) is 0 Å². The molecule has 0 aliphatic rings. The van der Waals surface area contributed by atoms with E-state index in [0.717, 1.165) is 18.4 Å². The summed E-state index contributed by atoms with van der Waals surface area (Å²) in [6.07, 6.45) is 8.34. The lowest BCUT2D eigenvalue weighted by atomic mass is 10.00. The van der Waals surface area contributed by atoms with Crippen LogP contribution in [0.25, 0.3) is 0 Å². The largest absolute Gasteiger partial charge is 0.478 e. The van der Waals surface area contributed by atoms with Gasteiger partial charge in [0.2, 0.25) is 0 Å². The minimum Gasteiger partial charge on any atom is -0.478 e. The molecule has 36 heavy (non-hydrogen) atoms. The van der Waals surface area contributed by atoms with Crippen LogP contribution in [0, 0.1) is 0 Å². The number of carbonyl (C=O) groups is 2. The fourth-order valence-corrected chi connectivity index (χ4v) is 3.40. The number of carboxylic acids is 1. The van der Waals surface area contributed by atoms with Crippen LogP contribution in [0.1, 0.15) is 73.9 Å². The molecule has 0 saturated heterocycles. The molecule has 0 radical (unpaired) electrons. The van der Waals surface area contributed by atoms with Crippen LogP contribution in [0.5, 0.6) is 0 Å². The molecule has 1 aromatic carbocycles. The molecular formula is C28H44O8. The zero-order valence-electron chi connectivity index (χ0n) is 22.1. The molecule has 0 atom stereocenters. The van der Waals surface area contributed by atoms with E-state index in [9.17, 15) is 14.7 Å². The Morgan fingerprint density at radius 3 is 1.94 bits per heavy atom. The van der Waals surface area contributed by atoms with Crippen molar-refractivity contribution < 1.29 is 38.4 Å². The number of hydrogen-bond acceptors (Lipinski definition) is 7. The number of benzene rings is 1. The summed E-state index contributed by atoms with van der Waals surface area (Å²) in [6.45, 7) is 10.5. The average molecular weight is 509 g/mol. The third-order valence-electron chi connectivity index (χ3n) is 5.40. The van der Waals surface area contributed by atoms with Crippen molar-refractivity contribution >= 4 is 11.9 Å². The van der Waals surface area contributed by atoms with Gasteiger partial charge in [-0.15, -0.1) is 0 Å². The fourth-order valence-electron chi connectivity index (χ4n) is 3.40. The van der Waals surface area contributed by atoms with Gasteiger partial charge in [0, 0.05) is 5.57 Å². The molecule has 1 rings (SSSR count). The van der Waals surface area contributed by atoms with Crippen LogP contribution >= 0.6 is 0 Å². The number of aryl methyl sites for hydroxylation is 1. The van der Waals surface area contributed by atoms with Crippen LogP contribution in [0.4, 0.5) is 0 Å². The highest BCUT2D eigenvalue weighted by molar-refractivity contribution is 5.89. The van der Waals surface area contributed by atoms with Crippen LogP contribution < -0.4 is 0 Å². The predicted molar refractivity (Wildman–Crippen MR) is 138 cm³/mol. The summed E-state index contributed by atoms with van der Waals surface area (Å²) in [5.41, 5.74) is 2.50. The second-order valence-electron chi connectivity index (χ2n) is 8.62. The molecule has 0 aromatic heterocycles. The maximum absolute atomic E-state index is 11.6. The van der Waals surface area contributed by atoms with Crippen molar-refractivity contribution in [3.05, 3.63) is 47.0 Å². The molecule has 0 amide bonds. The van der Waals surface area contributed by atoms with Gasteiger partial charge >= 0.3 is 11.9 Å². The number of unbranched alkanes of at least 4 members (excludes halogenated alkanes) is 5. The van der Waals surface area contributed by atoms with Crippen molar-refractivity contribution in [1.29, 1.82) is 0 Å². The average Bonchev–Trinajstić information content (AvgIpc) is 2.86. The summed E-state index contributed by atoms with van der Waals surface area (Å²) in [7, 11) is 0. The molecular weight excluding hydrogens is 464 g/mol. The van der Waals surface area contributed by atoms with E-state index < -0.39 is 11.9 Å². The predicted octanol–water partition coefficient (Wildman–Crippen LogP) is 4.97. The van der Waals surface area contributed by atoms with Gasteiger partial charge in [-0.3, -0.25) is 0 Å². The topological polar surface area (TPSA) is 101 Å². The molecule has 0 unspecified atom stereocenters. The number of aromatic carboxylic acids is 1. The number of carbonyl (C=O) groups excluding carboxylic acids is 1. The Bertz CT molecular complexity index is 762. The van der Waals surface area contributed by atoms with Gasteiger partial charge in [-0.1, -0.05) is 57.7 Å². The second-order valence-corrected chi connectivity index (χ2v) is 8.62. The number of ether oxygens (including phenoxy) is 5. The van der Waals surface area contributed by atoms with E-state index in [1.807, 2.05) is 12.1 Å². The maximum Gasteiger partial charge on any atom is 0.336 e. The van der Waals surface area contributed by atoms with Gasteiger partial charge in [-0.2, -0.15) is 0 Å². The molecule has 0 spiro atoms. The van der Waals surface area contributed by atoms with E-state index in [0.29, 0.717) is 57.4 Å². The number of hydrogen-bond donors (Lipinski definition) is 1. The lowest BCUT2D eigenvalue weighted by Crippen LogP contribution is -2.14. The molecule has 1 aromatic rings. The summed E-state index contributed by atoms with van der Waals surface area (Å²) < 4.78 is 26.8. The maximum atomic E-state index is 11.6. The molecule has 204 valence electrons. The lowest BCUT2D eigenvalue weighted by molar-refractivity contribution is -0.140. The van der Waals surface area contributed by atoms with E-state index in [1.165, 1.54) is 32.1 Å². The van der Waals surface area contributed by atoms with E-state index >= 15 is 0 Å². The minimum atomic E-state index is -0.940. The number of rotatable bonds is 23. The van der Waals surface area contributed by atoms with E-state index in [-0.39, 0.29) is 18.8 Å². The monoisotopic (exact) mass is 508 g/mol. The van der Waals surface area contributed by atoms with E-state index in [4.69, 9.17) is 23.7 Å². The smallest absolute Gasteiger partial charge is 0.336 e. The number of esters is 1. The molecule has 0 fully saturated rings. The van der Waals surface area contributed by atoms with Gasteiger partial charge < -0.3 is 28.8 Å². The number of carboxylic acid groups (broad SMARTS) is 1. The standard InChI is InChI=1S/C28H44O8/c1-4-5-6-7-8-9-10-24-11-12-26(27(29)30)25(21-24)22-35-18-17-33-14-13-32-15-16-34-19-20-36-28(31)23(2)3/h11-12,21H,2,4-10,13-20,22H2,1,3H3,(H,29,30). The minimum absolute atomic E-state index is 0.187. The Labute approximate surface area is 215 Å². The van der Waals surface area contributed by atoms with Gasteiger partial charge in [0.15, 0.2) is 0 Å². The highest BCUT2D eigenvalue weighted by atomic mass is 16.6. The summed E-state index contributed by atoms with van der Waals surface area (Å²) >= 11 is 0. The molecule has 8 heteroatoms. The third kappa shape index (κ3) is 15.7. The SMILES string of the molecule is C=C(C)C(=O)OCCOCCOCCOCCOCc1cc(CCCCCCCC)ccc1C(=O)O. The van der Waals surface area contributed by atoms with Gasteiger partial charge in [0.05, 0.1) is 58.4 Å². The van der Waals surface area contributed by atoms with Crippen molar-refractivity contribution in [2.24, 2.45) is 0 Å². The first-order valence-electron chi connectivity index (χ1n) is 12.9. The highest BCUT2D eigenvalue weighted by Gasteiger charge is 2.11. The van der Waals surface area contributed by atoms with Crippen molar-refractivity contribution in [3.8, 4) is 0 Å². The summed E-state index contributed by atoms with van der Waals surface area (Å²) in [6, 6.07) is 5.54. The van der Waals surface area contributed by atoms with Crippen molar-refractivity contribution in [2.45, 2.75) is 65.4 Å². The van der Waals surface area contributed by atoms with Crippen LogP contribution in [-0.2, 0) is 41.5 Å². The van der Waals surface area contributed by atoms with Gasteiger partial charge in [0.1, 0.15) is 6.61 Å². The molecule has 8 nitrogen and oxygen atoms in total. The first-order chi connectivity index (χ1) is 17.5. The Kier molecular flexibility index (Phi) is 18.4. The quantitative estimate of drug-likeness (QED) is 0.126. The molecule has 0 aliphatic carbocycles. The zero-order valence-corrected chi connectivity index (χ0v) is 22.1. The van der Waals surface area contributed by atoms with Crippen molar-refractivity contribution in [1.82, 2.24) is 0 Å². The lowest BCUT2D eigenvalue weighted by Gasteiger charge is -2.11. The Balaban J connectivity index is 2.11. The molecule has 0 heterocycles. The first-order valence-corrected chi connectivity index (χ1v) is 12.9. The van der Waals surface area contributed by atoms with Crippen molar-refractivity contribution in [2.75, 3.05) is 52.9 Å². The summed E-state index contributed by atoms with van der Waals surface area (Å²) in [5.74, 6) is -1.36. The Morgan fingerprint density at radius 1 is 0.806 bits per heavy atom. The highest BCUT2D eigenvalue weighted by Crippen LogP contribution is 2.17. The molecule has 0 saturated carbocycles. The van der Waals surface area contributed by atoms with Crippen LogP contribution in [0.3, 0.4) is 0 Å². The van der Waals surface area contributed by atoms with Gasteiger partial charge in [-0.25, -0.2) is 9.59 Å². The molecule has 1 N–H and O–H groups in total. The van der Waals surface area contributed by atoms with Crippen LogP contribution in [-0.4, -0.2) is 69.9 Å². The zero-order chi connectivity index (χ0) is 26.4. The van der Waals surface area contributed by atoms with Crippen molar-refractivity contribution in [3.63, 3.8) is 0 Å². The Hall–Kier alpha value is -2.26.